The van der Waals surface area contributed by atoms with E-state index in [4.69, 9.17) is 14.2 Å². The van der Waals surface area contributed by atoms with E-state index in [0.29, 0.717) is 58.7 Å². The highest BCUT2D eigenvalue weighted by Gasteiger charge is 2.23. The van der Waals surface area contributed by atoms with Crippen LogP contribution in [0.25, 0.3) is 0 Å². The summed E-state index contributed by atoms with van der Waals surface area (Å²) in [6.45, 7) is 6.19. The first kappa shape index (κ1) is 30.1. The zero-order valence-corrected chi connectivity index (χ0v) is 19.4. The maximum absolute atomic E-state index is 12.0. The van der Waals surface area contributed by atoms with Crippen LogP contribution in [-0.4, -0.2) is 106 Å². The zero-order valence-electron chi connectivity index (χ0n) is 19.4. The van der Waals surface area contributed by atoms with Crippen molar-refractivity contribution in [1.29, 1.82) is 0 Å². The van der Waals surface area contributed by atoms with Crippen LogP contribution in [0, 0.1) is 5.92 Å². The molecular weight excluding hydrogens is 422 g/mol. The number of nitrogens with one attached hydrogen (secondary N) is 2. The molecule has 2 atom stereocenters. The van der Waals surface area contributed by atoms with E-state index in [1.54, 1.807) is 25.8 Å². The SMILES string of the molecule is CC(C)C(NC(=O)CCOCCOCCOCCN(C)C(O)CCC=O)C(=O)NCC=O. The fourth-order valence-electron chi connectivity index (χ4n) is 2.53. The number of aliphatic hydroxyl groups excluding tert-OH is 1. The van der Waals surface area contributed by atoms with E-state index in [-0.39, 0.29) is 31.4 Å². The van der Waals surface area contributed by atoms with E-state index in [0.717, 1.165) is 6.29 Å². The predicted molar refractivity (Wildman–Crippen MR) is 117 cm³/mol. The Hall–Kier alpha value is -1.92. The van der Waals surface area contributed by atoms with Crippen molar-refractivity contribution in [2.24, 2.45) is 5.92 Å². The Labute approximate surface area is 190 Å². The topological polar surface area (TPSA) is 144 Å². The number of ether oxygens (including phenoxy) is 3. The fourth-order valence-corrected chi connectivity index (χ4v) is 2.53. The summed E-state index contributed by atoms with van der Waals surface area (Å²) in [6.07, 6.45) is 1.55. The lowest BCUT2D eigenvalue weighted by Gasteiger charge is -2.22. The predicted octanol–water partition coefficient (Wildman–Crippen LogP) is -0.888. The van der Waals surface area contributed by atoms with E-state index in [2.05, 4.69) is 10.6 Å². The van der Waals surface area contributed by atoms with Crippen molar-refractivity contribution in [3.63, 3.8) is 0 Å². The molecule has 0 fully saturated rings. The first-order valence-electron chi connectivity index (χ1n) is 10.9. The van der Waals surface area contributed by atoms with E-state index < -0.39 is 18.2 Å². The third-order valence-corrected chi connectivity index (χ3v) is 4.48. The number of aliphatic hydroxyl groups is 1. The highest BCUT2D eigenvalue weighted by Crippen LogP contribution is 2.02. The van der Waals surface area contributed by atoms with Crippen molar-refractivity contribution in [2.75, 3.05) is 59.8 Å². The van der Waals surface area contributed by atoms with Gasteiger partial charge in [-0.3, -0.25) is 14.5 Å². The first-order valence-corrected chi connectivity index (χ1v) is 10.9. The van der Waals surface area contributed by atoms with Crippen LogP contribution in [-0.2, 0) is 33.4 Å². The number of amides is 2. The van der Waals surface area contributed by atoms with Crippen molar-refractivity contribution in [1.82, 2.24) is 15.5 Å². The van der Waals surface area contributed by atoms with E-state index in [1.807, 2.05) is 0 Å². The van der Waals surface area contributed by atoms with Crippen LogP contribution in [0.2, 0.25) is 0 Å². The molecule has 0 saturated carbocycles. The second-order valence-corrected chi connectivity index (χ2v) is 7.49. The molecule has 11 nitrogen and oxygen atoms in total. The Morgan fingerprint density at radius 2 is 1.56 bits per heavy atom. The molecule has 186 valence electrons. The Morgan fingerprint density at radius 1 is 0.969 bits per heavy atom. The van der Waals surface area contributed by atoms with Gasteiger partial charge in [-0.25, -0.2) is 0 Å². The summed E-state index contributed by atoms with van der Waals surface area (Å²) >= 11 is 0. The second-order valence-electron chi connectivity index (χ2n) is 7.49. The summed E-state index contributed by atoms with van der Waals surface area (Å²) in [5.41, 5.74) is 0. The van der Waals surface area contributed by atoms with Crippen molar-refractivity contribution < 1.29 is 38.5 Å². The van der Waals surface area contributed by atoms with Gasteiger partial charge in [-0.05, 0) is 19.4 Å². The number of hydrogen-bond donors (Lipinski definition) is 3. The molecule has 0 aromatic rings. The number of aldehydes is 2. The number of carbonyl (C=O) groups is 4. The van der Waals surface area contributed by atoms with Gasteiger partial charge in [0.15, 0.2) is 0 Å². The van der Waals surface area contributed by atoms with Gasteiger partial charge < -0.3 is 39.5 Å². The molecule has 11 heteroatoms. The Morgan fingerprint density at radius 3 is 2.12 bits per heavy atom. The van der Waals surface area contributed by atoms with Gasteiger partial charge in [-0.2, -0.15) is 0 Å². The molecule has 3 N–H and O–H groups in total. The Balaban J connectivity index is 3.68. The Bertz CT molecular complexity index is 533. The maximum atomic E-state index is 12.0. The lowest BCUT2D eigenvalue weighted by atomic mass is 10.0. The minimum Gasteiger partial charge on any atom is -0.379 e. The normalized spacial score (nSPS) is 13.1. The van der Waals surface area contributed by atoms with Crippen molar-refractivity contribution in [3.05, 3.63) is 0 Å². The monoisotopic (exact) mass is 461 g/mol. The molecular formula is C21H39N3O8. The number of likely N-dealkylation sites (N-methyl/N-ethyl adjacent to an activating group) is 1. The standard InChI is InChI=1S/C21H39N3O8/c1-17(2)20(21(29)22-7-10-26)23-18(27)6-11-30-13-15-32-16-14-31-12-8-24(3)19(28)5-4-9-25/h9-10,17,19-20,28H,4-8,11-16H2,1-3H3,(H,22,29)(H,23,27). The van der Waals surface area contributed by atoms with Gasteiger partial charge in [-0.1, -0.05) is 13.8 Å². The van der Waals surface area contributed by atoms with Crippen LogP contribution in [0.3, 0.4) is 0 Å². The molecule has 0 heterocycles. The van der Waals surface area contributed by atoms with Gasteiger partial charge in [-0.15, -0.1) is 0 Å². The van der Waals surface area contributed by atoms with Crippen molar-refractivity contribution >= 4 is 24.4 Å². The number of hydrogen-bond acceptors (Lipinski definition) is 9. The molecule has 0 aromatic carbocycles. The molecule has 0 saturated heterocycles. The van der Waals surface area contributed by atoms with Crippen LogP contribution in [0.1, 0.15) is 33.1 Å². The Kier molecular flexibility index (Phi) is 18.6. The lowest BCUT2D eigenvalue weighted by Crippen LogP contribution is -2.50. The minimum absolute atomic E-state index is 0.0886. The van der Waals surface area contributed by atoms with Crippen LogP contribution < -0.4 is 10.6 Å². The van der Waals surface area contributed by atoms with Crippen LogP contribution in [0.4, 0.5) is 0 Å². The third kappa shape index (κ3) is 15.8. The molecule has 0 spiro atoms. The second kappa shape index (κ2) is 19.7. The molecule has 0 aliphatic rings. The third-order valence-electron chi connectivity index (χ3n) is 4.48. The summed E-state index contributed by atoms with van der Waals surface area (Å²) in [4.78, 5) is 46.3. The highest BCUT2D eigenvalue weighted by atomic mass is 16.5. The van der Waals surface area contributed by atoms with Crippen LogP contribution in [0.5, 0.6) is 0 Å². The molecule has 0 aromatic heterocycles. The number of nitrogens with zero attached hydrogens (tertiary/aromatic N) is 1. The maximum Gasteiger partial charge on any atom is 0.243 e. The summed E-state index contributed by atoms with van der Waals surface area (Å²) in [7, 11) is 1.76. The zero-order chi connectivity index (χ0) is 24.2. The molecule has 0 rings (SSSR count). The highest BCUT2D eigenvalue weighted by molar-refractivity contribution is 5.88. The number of carbonyl (C=O) groups excluding carboxylic acids is 4. The number of rotatable bonds is 21. The minimum atomic E-state index is -0.704. The molecule has 2 amide bonds. The molecule has 0 bridgehead atoms. The van der Waals surface area contributed by atoms with Gasteiger partial charge in [0.2, 0.25) is 11.8 Å². The smallest absolute Gasteiger partial charge is 0.243 e. The average molecular weight is 462 g/mol. The van der Waals surface area contributed by atoms with Crippen molar-refractivity contribution in [2.45, 2.75) is 45.4 Å². The summed E-state index contributed by atoms with van der Waals surface area (Å²) in [5, 5.41) is 14.9. The molecule has 32 heavy (non-hydrogen) atoms. The van der Waals surface area contributed by atoms with E-state index in [9.17, 15) is 24.3 Å². The fraction of sp³-hybridized carbons (Fsp3) is 0.810. The van der Waals surface area contributed by atoms with Gasteiger partial charge in [0.05, 0.1) is 46.2 Å². The van der Waals surface area contributed by atoms with Crippen LogP contribution in [0.15, 0.2) is 0 Å². The molecule has 2 unspecified atom stereocenters. The molecule has 0 aliphatic carbocycles. The van der Waals surface area contributed by atoms with Gasteiger partial charge in [0.1, 0.15) is 24.8 Å². The quantitative estimate of drug-likeness (QED) is 0.113. The summed E-state index contributed by atoms with van der Waals surface area (Å²) in [5.74, 6) is -0.812. The van der Waals surface area contributed by atoms with E-state index >= 15 is 0 Å². The van der Waals surface area contributed by atoms with E-state index in [1.165, 1.54) is 0 Å². The first-order chi connectivity index (χ1) is 15.3. The molecule has 0 radical (unpaired) electrons. The largest absolute Gasteiger partial charge is 0.379 e. The van der Waals surface area contributed by atoms with Gasteiger partial charge in [0, 0.05) is 19.4 Å². The lowest BCUT2D eigenvalue weighted by molar-refractivity contribution is -0.131. The van der Waals surface area contributed by atoms with Crippen molar-refractivity contribution in [3.8, 4) is 0 Å². The summed E-state index contributed by atoms with van der Waals surface area (Å²) in [6, 6.07) is -0.704. The van der Waals surface area contributed by atoms with Gasteiger partial charge in [0.25, 0.3) is 0 Å². The van der Waals surface area contributed by atoms with Crippen LogP contribution >= 0.6 is 0 Å². The molecule has 0 aliphatic heterocycles. The average Bonchev–Trinajstić information content (AvgIpc) is 2.77. The summed E-state index contributed by atoms with van der Waals surface area (Å²) < 4.78 is 16.2. The van der Waals surface area contributed by atoms with Gasteiger partial charge >= 0.3 is 0 Å².